The molecule has 1 N–H and O–H groups in total. The Balaban J connectivity index is 1.02. The normalized spacial score (nSPS) is 36.4. The van der Waals surface area contributed by atoms with Crippen LogP contribution in [0.2, 0.25) is 0 Å². The van der Waals surface area contributed by atoms with Gasteiger partial charge in [0, 0.05) is 44.5 Å². The molecule has 0 radical (unpaired) electrons. The molecule has 2 unspecified atom stereocenters. The standard InChI is InChI=1S/C33H51N3O2/c1-4-38-32(37)25-5-7-29(8-6-25)36-13-11-35(12-14-36)22-28-20-33(2,3)10-9-31(28)34-21-30-26-16-23-15-24(18-26)19-27(30)17-23/h5-8,23-24,26-28,30-31,34H,4,9-22H2,1-3H3. The van der Waals surface area contributed by atoms with Gasteiger partial charge in [-0.2, -0.15) is 0 Å². The Morgan fingerprint density at radius 1 is 0.974 bits per heavy atom. The number of rotatable bonds is 8. The highest BCUT2D eigenvalue weighted by atomic mass is 16.5. The highest BCUT2D eigenvalue weighted by molar-refractivity contribution is 5.89. The van der Waals surface area contributed by atoms with E-state index in [1.165, 1.54) is 63.7 Å². The minimum absolute atomic E-state index is 0.231. The third-order valence-corrected chi connectivity index (χ3v) is 11.2. The second-order valence-electron chi connectivity index (χ2n) is 14.3. The number of nitrogens with zero attached hydrogens (tertiary/aromatic N) is 2. The van der Waals surface area contributed by atoms with Crippen molar-refractivity contribution < 1.29 is 9.53 Å². The van der Waals surface area contributed by atoms with E-state index in [-0.39, 0.29) is 5.97 Å². The van der Waals surface area contributed by atoms with E-state index in [2.05, 4.69) is 41.1 Å². The second kappa shape index (κ2) is 11.1. The summed E-state index contributed by atoms with van der Waals surface area (Å²) in [6.45, 7) is 14.1. The molecule has 1 aliphatic heterocycles. The molecule has 6 fully saturated rings. The zero-order valence-corrected chi connectivity index (χ0v) is 24.2. The fourth-order valence-electron chi connectivity index (χ4n) is 9.40. The smallest absolute Gasteiger partial charge is 0.338 e. The summed E-state index contributed by atoms with van der Waals surface area (Å²) in [7, 11) is 0. The molecule has 38 heavy (non-hydrogen) atoms. The van der Waals surface area contributed by atoms with E-state index in [1.54, 1.807) is 6.42 Å². The Labute approximate surface area is 231 Å². The SMILES string of the molecule is CCOC(=O)c1ccc(N2CCN(CC3CC(C)(C)CCC3NCC3C4CC5CC(C4)CC3C5)CC2)cc1. The fraction of sp³-hybridized carbons (Fsp3) is 0.788. The Kier molecular flexibility index (Phi) is 7.79. The number of piperazine rings is 1. The molecule has 2 atom stereocenters. The van der Waals surface area contributed by atoms with Crippen LogP contribution in [-0.4, -0.2) is 62.8 Å². The van der Waals surface area contributed by atoms with Gasteiger partial charge in [-0.05, 0) is 130 Å². The largest absolute Gasteiger partial charge is 0.462 e. The predicted molar refractivity (Wildman–Crippen MR) is 154 cm³/mol. The van der Waals surface area contributed by atoms with E-state index in [1.807, 2.05) is 19.1 Å². The van der Waals surface area contributed by atoms with Gasteiger partial charge in [0.2, 0.25) is 0 Å². The third-order valence-electron chi connectivity index (χ3n) is 11.2. The quantitative estimate of drug-likeness (QED) is 0.435. The van der Waals surface area contributed by atoms with E-state index in [9.17, 15) is 4.79 Å². The van der Waals surface area contributed by atoms with Gasteiger partial charge in [-0.1, -0.05) is 13.8 Å². The van der Waals surface area contributed by atoms with E-state index in [0.717, 1.165) is 61.7 Å². The summed E-state index contributed by atoms with van der Waals surface area (Å²) in [5, 5.41) is 4.21. The van der Waals surface area contributed by atoms with E-state index >= 15 is 0 Å². The molecule has 4 bridgehead atoms. The summed E-state index contributed by atoms with van der Waals surface area (Å²) in [6, 6.07) is 8.66. The maximum Gasteiger partial charge on any atom is 0.338 e. The monoisotopic (exact) mass is 521 g/mol. The van der Waals surface area contributed by atoms with Crippen LogP contribution in [0.4, 0.5) is 5.69 Å². The third kappa shape index (κ3) is 5.80. The number of benzene rings is 1. The summed E-state index contributed by atoms with van der Waals surface area (Å²) >= 11 is 0. The summed E-state index contributed by atoms with van der Waals surface area (Å²) in [5.41, 5.74) is 2.32. The molecule has 1 saturated heterocycles. The van der Waals surface area contributed by atoms with Crippen molar-refractivity contribution in [1.82, 2.24) is 10.2 Å². The van der Waals surface area contributed by atoms with Crippen molar-refractivity contribution in [2.45, 2.75) is 78.2 Å². The van der Waals surface area contributed by atoms with Crippen molar-refractivity contribution in [3.8, 4) is 0 Å². The highest BCUT2D eigenvalue weighted by Crippen LogP contribution is 2.56. The van der Waals surface area contributed by atoms with Crippen molar-refractivity contribution in [3.05, 3.63) is 29.8 Å². The van der Waals surface area contributed by atoms with Crippen LogP contribution in [0.5, 0.6) is 0 Å². The zero-order valence-electron chi connectivity index (χ0n) is 24.2. The minimum atomic E-state index is -0.231. The molecule has 210 valence electrons. The topological polar surface area (TPSA) is 44.8 Å². The van der Waals surface area contributed by atoms with Crippen LogP contribution < -0.4 is 10.2 Å². The molecule has 0 aromatic heterocycles. The number of hydrogen-bond acceptors (Lipinski definition) is 5. The first-order valence-corrected chi connectivity index (χ1v) is 15.8. The molecule has 5 aliphatic carbocycles. The van der Waals surface area contributed by atoms with Crippen LogP contribution in [0.1, 0.15) is 82.5 Å². The van der Waals surface area contributed by atoms with E-state index in [0.29, 0.717) is 23.6 Å². The first-order valence-electron chi connectivity index (χ1n) is 15.8. The molecule has 1 heterocycles. The van der Waals surface area contributed by atoms with Gasteiger partial charge in [0.15, 0.2) is 0 Å². The number of carbonyl (C=O) groups is 1. The van der Waals surface area contributed by atoms with Crippen LogP contribution in [-0.2, 0) is 4.74 Å². The van der Waals surface area contributed by atoms with Gasteiger partial charge in [0.1, 0.15) is 0 Å². The molecule has 0 spiro atoms. The molecular weight excluding hydrogens is 470 g/mol. The first-order chi connectivity index (χ1) is 18.4. The molecule has 5 nitrogen and oxygen atoms in total. The fourth-order valence-corrected chi connectivity index (χ4v) is 9.40. The van der Waals surface area contributed by atoms with Crippen LogP contribution in [0, 0.1) is 40.9 Å². The van der Waals surface area contributed by atoms with Gasteiger partial charge in [-0.25, -0.2) is 4.79 Å². The number of ether oxygens (including phenoxy) is 1. The predicted octanol–water partition coefficient (Wildman–Crippen LogP) is 5.84. The van der Waals surface area contributed by atoms with Gasteiger partial charge in [-0.15, -0.1) is 0 Å². The van der Waals surface area contributed by atoms with Crippen LogP contribution in [0.3, 0.4) is 0 Å². The summed E-state index contributed by atoms with van der Waals surface area (Å²) < 4.78 is 5.14. The number of nitrogens with one attached hydrogen (secondary N) is 1. The molecule has 0 amide bonds. The van der Waals surface area contributed by atoms with Crippen molar-refractivity contribution >= 4 is 11.7 Å². The summed E-state index contributed by atoms with van der Waals surface area (Å²) in [5.74, 6) is 5.68. The molecule has 7 rings (SSSR count). The van der Waals surface area contributed by atoms with Gasteiger partial charge < -0.3 is 15.0 Å². The minimum Gasteiger partial charge on any atom is -0.462 e. The highest BCUT2D eigenvalue weighted by Gasteiger charge is 2.48. The molecule has 1 aromatic rings. The van der Waals surface area contributed by atoms with Gasteiger partial charge >= 0.3 is 5.97 Å². The molecule has 6 aliphatic rings. The number of anilines is 1. The van der Waals surface area contributed by atoms with E-state index < -0.39 is 0 Å². The number of carbonyl (C=O) groups excluding carboxylic acids is 1. The molecule has 1 aromatic carbocycles. The molecule has 5 saturated carbocycles. The van der Waals surface area contributed by atoms with Crippen LogP contribution >= 0.6 is 0 Å². The van der Waals surface area contributed by atoms with Crippen molar-refractivity contribution in [2.75, 3.05) is 50.8 Å². The average Bonchev–Trinajstić information content (AvgIpc) is 2.89. The van der Waals surface area contributed by atoms with Gasteiger partial charge in [0.25, 0.3) is 0 Å². The molecule has 5 heteroatoms. The lowest BCUT2D eigenvalue weighted by Crippen LogP contribution is -2.54. The Morgan fingerprint density at radius 2 is 1.63 bits per heavy atom. The Hall–Kier alpha value is -1.59. The van der Waals surface area contributed by atoms with Crippen LogP contribution in [0.25, 0.3) is 0 Å². The number of esters is 1. The van der Waals surface area contributed by atoms with Crippen LogP contribution in [0.15, 0.2) is 24.3 Å². The van der Waals surface area contributed by atoms with Crippen molar-refractivity contribution in [1.29, 1.82) is 0 Å². The maximum absolute atomic E-state index is 12.0. The number of hydrogen-bond donors (Lipinski definition) is 1. The Bertz CT molecular complexity index is 923. The van der Waals surface area contributed by atoms with Crippen molar-refractivity contribution in [3.63, 3.8) is 0 Å². The lowest BCUT2D eigenvalue weighted by atomic mass is 9.52. The molecular formula is C33H51N3O2. The lowest BCUT2D eigenvalue weighted by Gasteiger charge is -2.55. The maximum atomic E-state index is 12.0. The van der Waals surface area contributed by atoms with Gasteiger partial charge in [0.05, 0.1) is 12.2 Å². The summed E-state index contributed by atoms with van der Waals surface area (Å²) in [6.07, 6.45) is 11.8. The Morgan fingerprint density at radius 3 is 2.26 bits per heavy atom. The second-order valence-corrected chi connectivity index (χ2v) is 14.3. The van der Waals surface area contributed by atoms with Gasteiger partial charge in [-0.3, -0.25) is 4.90 Å². The zero-order chi connectivity index (χ0) is 26.3. The summed E-state index contributed by atoms with van der Waals surface area (Å²) in [4.78, 5) is 17.2. The first kappa shape index (κ1) is 26.6. The lowest BCUT2D eigenvalue weighted by molar-refractivity contribution is -0.0384. The van der Waals surface area contributed by atoms with E-state index in [4.69, 9.17) is 4.74 Å². The van der Waals surface area contributed by atoms with Crippen molar-refractivity contribution in [2.24, 2.45) is 40.9 Å². The average molecular weight is 522 g/mol.